The summed E-state index contributed by atoms with van der Waals surface area (Å²) in [5.41, 5.74) is 6.10. The van der Waals surface area contributed by atoms with Crippen LogP contribution in [0.1, 0.15) is 39.0 Å². The lowest BCUT2D eigenvalue weighted by Crippen LogP contribution is -2.48. The predicted molar refractivity (Wildman–Crippen MR) is 74.3 cm³/mol. The average Bonchev–Trinajstić information content (AvgIpc) is 2.69. The van der Waals surface area contributed by atoms with E-state index in [4.69, 9.17) is 10.5 Å². The lowest BCUT2D eigenvalue weighted by Gasteiger charge is -2.37. The summed E-state index contributed by atoms with van der Waals surface area (Å²) in [5.74, 6) is 1.49. The van der Waals surface area contributed by atoms with Gasteiger partial charge in [0.05, 0.1) is 6.61 Å². The minimum Gasteiger partial charge on any atom is -0.478 e. The van der Waals surface area contributed by atoms with Gasteiger partial charge in [0.2, 0.25) is 11.8 Å². The average molecular weight is 262 g/mol. The molecule has 2 aliphatic heterocycles. The number of nitrogens with zero attached hydrogens (tertiary/aromatic N) is 3. The maximum absolute atomic E-state index is 6.10. The van der Waals surface area contributed by atoms with E-state index in [1.54, 1.807) is 6.20 Å². The Morgan fingerprint density at radius 1 is 1.37 bits per heavy atom. The van der Waals surface area contributed by atoms with Gasteiger partial charge < -0.3 is 15.4 Å². The topological polar surface area (TPSA) is 64.3 Å². The molecule has 1 aromatic rings. The van der Waals surface area contributed by atoms with Gasteiger partial charge in [-0.1, -0.05) is 6.92 Å². The van der Waals surface area contributed by atoms with Gasteiger partial charge in [0.25, 0.3) is 0 Å². The molecule has 0 aliphatic carbocycles. The standard InChI is InChI=1S/C14H22N4O/c1-2-7-19-13-5-6-16-14(17-13)18-11-3-4-12(18)9-10(15)8-11/h5-6,10-12H,2-4,7-9,15H2,1H3. The number of nitrogens with two attached hydrogens (primary N) is 1. The molecule has 2 N–H and O–H groups in total. The maximum Gasteiger partial charge on any atom is 0.229 e. The van der Waals surface area contributed by atoms with Crippen molar-refractivity contribution in [1.82, 2.24) is 9.97 Å². The van der Waals surface area contributed by atoms with E-state index in [0.717, 1.165) is 25.2 Å². The van der Waals surface area contributed by atoms with Crippen molar-refractivity contribution in [2.45, 2.75) is 57.2 Å². The van der Waals surface area contributed by atoms with E-state index in [1.165, 1.54) is 12.8 Å². The van der Waals surface area contributed by atoms with Gasteiger partial charge in [-0.2, -0.15) is 4.98 Å². The zero-order valence-corrected chi connectivity index (χ0v) is 11.5. The van der Waals surface area contributed by atoms with Crippen molar-refractivity contribution in [3.05, 3.63) is 12.3 Å². The van der Waals surface area contributed by atoms with Crippen LogP contribution in [-0.2, 0) is 0 Å². The normalized spacial score (nSPS) is 29.6. The Morgan fingerprint density at radius 3 is 2.79 bits per heavy atom. The van der Waals surface area contributed by atoms with E-state index in [9.17, 15) is 0 Å². The van der Waals surface area contributed by atoms with E-state index in [2.05, 4.69) is 21.8 Å². The number of hydrogen-bond acceptors (Lipinski definition) is 5. The number of anilines is 1. The third-order valence-electron chi connectivity index (χ3n) is 4.07. The zero-order chi connectivity index (χ0) is 13.2. The molecular formula is C14H22N4O. The molecule has 104 valence electrons. The molecule has 0 amide bonds. The monoisotopic (exact) mass is 262 g/mol. The van der Waals surface area contributed by atoms with Gasteiger partial charge in [0.1, 0.15) is 0 Å². The first kappa shape index (κ1) is 12.7. The van der Waals surface area contributed by atoms with Crippen molar-refractivity contribution in [2.75, 3.05) is 11.5 Å². The Labute approximate surface area is 114 Å². The van der Waals surface area contributed by atoms with Crippen LogP contribution in [0, 0.1) is 0 Å². The van der Waals surface area contributed by atoms with Gasteiger partial charge in [-0.05, 0) is 32.1 Å². The van der Waals surface area contributed by atoms with Gasteiger partial charge >= 0.3 is 0 Å². The third kappa shape index (κ3) is 2.52. The van der Waals surface area contributed by atoms with Crippen LogP contribution < -0.4 is 15.4 Å². The van der Waals surface area contributed by atoms with Crippen LogP contribution in [0.25, 0.3) is 0 Å². The molecule has 3 rings (SSSR count). The van der Waals surface area contributed by atoms with Gasteiger partial charge in [0.15, 0.2) is 0 Å². The molecule has 19 heavy (non-hydrogen) atoms. The van der Waals surface area contributed by atoms with Gasteiger partial charge in [-0.3, -0.25) is 0 Å². The first-order valence-corrected chi connectivity index (χ1v) is 7.27. The fraction of sp³-hybridized carbons (Fsp3) is 0.714. The molecule has 5 nitrogen and oxygen atoms in total. The SMILES string of the molecule is CCCOc1ccnc(N2C3CCC2CC(N)C3)n1. The fourth-order valence-electron chi connectivity index (χ4n) is 3.29. The van der Waals surface area contributed by atoms with Crippen molar-refractivity contribution >= 4 is 5.95 Å². The maximum atomic E-state index is 6.10. The molecule has 1 aromatic heterocycles. The zero-order valence-electron chi connectivity index (χ0n) is 11.5. The molecule has 2 aliphatic rings. The predicted octanol–water partition coefficient (Wildman–Crippen LogP) is 1.72. The molecule has 2 bridgehead atoms. The molecular weight excluding hydrogens is 240 g/mol. The molecule has 3 heterocycles. The quantitative estimate of drug-likeness (QED) is 0.895. The van der Waals surface area contributed by atoms with Crippen LogP contribution in [0.15, 0.2) is 12.3 Å². The molecule has 2 atom stereocenters. The minimum atomic E-state index is 0.341. The molecule has 0 radical (unpaired) electrons. The lowest BCUT2D eigenvalue weighted by molar-refractivity contribution is 0.304. The van der Waals surface area contributed by atoms with Gasteiger partial charge in [0, 0.05) is 30.4 Å². The molecule has 0 aromatic carbocycles. The fourth-order valence-corrected chi connectivity index (χ4v) is 3.29. The first-order valence-electron chi connectivity index (χ1n) is 7.27. The summed E-state index contributed by atoms with van der Waals surface area (Å²) in [6, 6.07) is 3.19. The Morgan fingerprint density at radius 2 is 2.11 bits per heavy atom. The molecule has 0 spiro atoms. The van der Waals surface area contributed by atoms with Crippen molar-refractivity contribution < 1.29 is 4.74 Å². The number of hydrogen-bond donors (Lipinski definition) is 1. The second-order valence-corrected chi connectivity index (χ2v) is 5.57. The summed E-state index contributed by atoms with van der Waals surface area (Å²) >= 11 is 0. The van der Waals surface area contributed by atoms with Crippen LogP contribution >= 0.6 is 0 Å². The van der Waals surface area contributed by atoms with Gasteiger partial charge in [-0.25, -0.2) is 4.98 Å². The Bertz CT molecular complexity index is 425. The Kier molecular flexibility index (Phi) is 3.55. The minimum absolute atomic E-state index is 0.341. The van der Waals surface area contributed by atoms with Gasteiger partial charge in [-0.15, -0.1) is 0 Å². The Balaban J connectivity index is 1.79. The summed E-state index contributed by atoms with van der Waals surface area (Å²) in [5, 5.41) is 0. The molecule has 2 unspecified atom stereocenters. The molecule has 5 heteroatoms. The second-order valence-electron chi connectivity index (χ2n) is 5.57. The third-order valence-corrected chi connectivity index (χ3v) is 4.07. The number of fused-ring (bicyclic) bond motifs is 2. The highest BCUT2D eigenvalue weighted by Crippen LogP contribution is 2.37. The van der Waals surface area contributed by atoms with Crippen LogP contribution in [0.4, 0.5) is 5.95 Å². The van der Waals surface area contributed by atoms with E-state index in [-0.39, 0.29) is 0 Å². The van der Waals surface area contributed by atoms with E-state index >= 15 is 0 Å². The van der Waals surface area contributed by atoms with E-state index < -0.39 is 0 Å². The Hall–Kier alpha value is -1.36. The van der Waals surface area contributed by atoms with Crippen molar-refractivity contribution in [2.24, 2.45) is 5.73 Å². The van der Waals surface area contributed by atoms with E-state index in [1.807, 2.05) is 6.07 Å². The summed E-state index contributed by atoms with van der Waals surface area (Å²) in [6.45, 7) is 2.79. The first-order chi connectivity index (χ1) is 9.28. The number of aromatic nitrogens is 2. The van der Waals surface area contributed by atoms with Crippen molar-refractivity contribution in [3.63, 3.8) is 0 Å². The smallest absolute Gasteiger partial charge is 0.229 e. The number of piperidine rings is 1. The van der Waals surface area contributed by atoms with Crippen LogP contribution in [0.2, 0.25) is 0 Å². The summed E-state index contributed by atoms with van der Waals surface area (Å²) < 4.78 is 5.60. The highest BCUT2D eigenvalue weighted by atomic mass is 16.5. The number of ether oxygens (including phenoxy) is 1. The van der Waals surface area contributed by atoms with Crippen molar-refractivity contribution in [3.8, 4) is 5.88 Å². The second kappa shape index (κ2) is 5.33. The van der Waals surface area contributed by atoms with Crippen LogP contribution in [0.3, 0.4) is 0 Å². The molecule has 2 fully saturated rings. The van der Waals surface area contributed by atoms with Crippen LogP contribution in [-0.4, -0.2) is 34.7 Å². The molecule has 2 saturated heterocycles. The lowest BCUT2D eigenvalue weighted by atomic mass is 9.99. The number of rotatable bonds is 4. The summed E-state index contributed by atoms with van der Waals surface area (Å²) in [4.78, 5) is 11.3. The van der Waals surface area contributed by atoms with Crippen LogP contribution in [0.5, 0.6) is 5.88 Å². The highest BCUT2D eigenvalue weighted by Gasteiger charge is 2.40. The largest absolute Gasteiger partial charge is 0.478 e. The molecule has 0 saturated carbocycles. The summed E-state index contributed by atoms with van der Waals surface area (Å²) in [6.07, 6.45) is 7.31. The van der Waals surface area contributed by atoms with Crippen molar-refractivity contribution in [1.29, 1.82) is 0 Å². The van der Waals surface area contributed by atoms with E-state index in [0.29, 0.717) is 30.6 Å². The highest BCUT2D eigenvalue weighted by molar-refractivity contribution is 5.38. The summed E-state index contributed by atoms with van der Waals surface area (Å²) in [7, 11) is 0.